The number of benzene rings is 3. The molecule has 0 atom stereocenters. The summed E-state index contributed by atoms with van der Waals surface area (Å²) in [4.78, 5) is 0. The van der Waals surface area contributed by atoms with Gasteiger partial charge in [0, 0.05) is 0 Å². The molecule has 0 radical (unpaired) electrons. The van der Waals surface area contributed by atoms with Crippen LogP contribution in [-0.4, -0.2) is 19.0 Å². The summed E-state index contributed by atoms with van der Waals surface area (Å²) in [5.41, 5.74) is 1.49. The van der Waals surface area contributed by atoms with Crippen molar-refractivity contribution in [2.75, 3.05) is 19.0 Å². The van der Waals surface area contributed by atoms with Crippen LogP contribution in [0.4, 0.5) is 4.39 Å². The second-order valence-electron chi connectivity index (χ2n) is 13.7. The fourth-order valence-corrected chi connectivity index (χ4v) is 14.4. The van der Waals surface area contributed by atoms with E-state index in [9.17, 15) is 4.39 Å². The third-order valence-corrected chi connectivity index (χ3v) is 18.0. The van der Waals surface area contributed by atoms with E-state index in [2.05, 4.69) is 98.8 Å². The van der Waals surface area contributed by atoms with Crippen LogP contribution in [0.3, 0.4) is 0 Å². The first kappa shape index (κ1) is 37.5. The Bertz CT molecular complexity index is 1080. The van der Waals surface area contributed by atoms with Crippen molar-refractivity contribution >= 4 is 22.5 Å². The molecular formula is C43H66FP. The van der Waals surface area contributed by atoms with Gasteiger partial charge in [0.1, 0.15) is 0 Å². The molecule has 0 aliphatic heterocycles. The molecule has 2 heteroatoms. The zero-order valence-corrected chi connectivity index (χ0v) is 30.1. The van der Waals surface area contributed by atoms with Crippen LogP contribution in [0, 0.1) is 0 Å². The van der Waals surface area contributed by atoms with Crippen LogP contribution in [0.2, 0.25) is 0 Å². The third-order valence-electron chi connectivity index (χ3n) is 10.6. The molecule has 0 heterocycles. The van der Waals surface area contributed by atoms with E-state index in [1.807, 2.05) is 0 Å². The van der Waals surface area contributed by atoms with E-state index in [1.54, 1.807) is 5.30 Å². The molecule has 0 aromatic heterocycles. The van der Waals surface area contributed by atoms with Crippen LogP contribution in [-0.2, 0) is 6.42 Å². The summed E-state index contributed by atoms with van der Waals surface area (Å²) in [6.07, 6.45) is 28.3. The minimum atomic E-state index is -2.70. The number of alkyl halides is 1. The first-order valence-electron chi connectivity index (χ1n) is 19.0. The molecule has 0 unspecified atom stereocenters. The molecule has 0 bridgehead atoms. The number of unbranched alkanes of at least 4 members (excludes halogenated alkanes) is 17. The molecule has 0 amide bonds. The van der Waals surface area contributed by atoms with E-state index in [-0.39, 0.29) is 6.67 Å². The topological polar surface area (TPSA) is 0 Å². The molecule has 0 saturated carbocycles. The minimum absolute atomic E-state index is 0.177. The average Bonchev–Trinajstić information content (AvgIpc) is 3.10. The monoisotopic (exact) mass is 632 g/mol. The summed E-state index contributed by atoms with van der Waals surface area (Å²) in [5, 5.41) is 4.60. The Kier molecular flexibility index (Phi) is 18.1. The molecule has 0 aliphatic carbocycles. The van der Waals surface area contributed by atoms with Gasteiger partial charge in [-0.1, -0.05) is 45.4 Å². The second-order valence-corrected chi connectivity index (χ2v) is 19.3. The molecule has 0 aliphatic rings. The Balaban J connectivity index is 1.64. The predicted molar refractivity (Wildman–Crippen MR) is 204 cm³/mol. The zero-order chi connectivity index (χ0) is 31.9. The Morgan fingerprint density at radius 3 is 1.27 bits per heavy atom. The van der Waals surface area contributed by atoms with Gasteiger partial charge in [-0.2, -0.15) is 0 Å². The number of hydrogen-bond donors (Lipinski definition) is 0. The summed E-state index contributed by atoms with van der Waals surface area (Å²) in [5.74, 6) is 0. The molecule has 0 nitrogen and oxygen atoms in total. The first-order valence-corrected chi connectivity index (χ1v) is 21.6. The van der Waals surface area contributed by atoms with Gasteiger partial charge in [0.2, 0.25) is 0 Å². The first-order chi connectivity index (χ1) is 22.2. The van der Waals surface area contributed by atoms with Crippen LogP contribution in [0.1, 0.15) is 141 Å². The summed E-state index contributed by atoms with van der Waals surface area (Å²) >= 11 is 0. The maximum atomic E-state index is 12.6. The van der Waals surface area contributed by atoms with E-state index in [0.717, 1.165) is 19.0 Å². The van der Waals surface area contributed by atoms with Gasteiger partial charge in [-0.15, -0.1) is 0 Å². The summed E-state index contributed by atoms with van der Waals surface area (Å²) < 4.78 is 12.6. The van der Waals surface area contributed by atoms with Crippen LogP contribution in [0.25, 0.3) is 0 Å². The van der Waals surface area contributed by atoms with Gasteiger partial charge in [0.25, 0.3) is 0 Å². The van der Waals surface area contributed by atoms with Gasteiger partial charge >= 0.3 is 233 Å². The predicted octanol–water partition coefficient (Wildman–Crippen LogP) is 12.5. The molecule has 45 heavy (non-hydrogen) atoms. The molecule has 3 rings (SSSR count). The summed E-state index contributed by atoms with van der Waals surface area (Å²) in [6.45, 7) is 1.87. The third kappa shape index (κ3) is 11.1. The van der Waals surface area contributed by atoms with Crippen molar-refractivity contribution in [1.82, 2.24) is 0 Å². The Labute approximate surface area is 278 Å². The van der Waals surface area contributed by atoms with Crippen LogP contribution in [0.15, 0.2) is 84.9 Å². The Hall–Kier alpha value is -1.98. The van der Waals surface area contributed by atoms with Gasteiger partial charge in [-0.05, 0) is 0 Å². The molecule has 0 spiro atoms. The molecule has 0 saturated heterocycles. The van der Waals surface area contributed by atoms with Gasteiger partial charge in [-0.25, -0.2) is 0 Å². The van der Waals surface area contributed by atoms with Crippen molar-refractivity contribution in [1.29, 1.82) is 0 Å². The fourth-order valence-electron chi connectivity index (χ4n) is 7.75. The van der Waals surface area contributed by atoms with E-state index in [0.29, 0.717) is 6.42 Å². The van der Waals surface area contributed by atoms with Gasteiger partial charge in [0.15, 0.2) is 0 Å². The van der Waals surface area contributed by atoms with Gasteiger partial charge in [0.05, 0.1) is 0 Å². The van der Waals surface area contributed by atoms with Crippen molar-refractivity contribution < 1.29 is 4.39 Å². The second kappa shape index (κ2) is 21.7. The standard InChI is InChI=1S/C43H66FP/c1-3-5-6-7-8-9-10-11-12-13-14-17-22-29-40-34-36-43(37-35-40)45(4-2,41-30-23-20-24-31-41,42-32-25-21-26-33-42)39-28-19-16-15-18-27-38-44/h20-21,23-26,30-37H,3-19,22,27-29,38-39H2,1-2H3. The van der Waals surface area contributed by atoms with E-state index in [1.165, 1.54) is 131 Å². The average molecular weight is 633 g/mol. The van der Waals surface area contributed by atoms with Crippen molar-refractivity contribution in [2.45, 2.75) is 142 Å². The Morgan fingerprint density at radius 1 is 0.422 bits per heavy atom. The molecule has 250 valence electrons. The molecule has 0 N–H and O–H groups in total. The van der Waals surface area contributed by atoms with Gasteiger partial charge < -0.3 is 0 Å². The maximum absolute atomic E-state index is 12.6. The van der Waals surface area contributed by atoms with Crippen LogP contribution in [0.5, 0.6) is 0 Å². The SMILES string of the molecule is CCCCCCCCCCCCCCCc1ccc(P(CC)(CCCCCCCCF)(c2ccccc2)c2ccccc2)cc1. The Morgan fingerprint density at radius 2 is 0.822 bits per heavy atom. The normalized spacial score (nSPS) is 12.6. The molecular weight excluding hydrogens is 566 g/mol. The van der Waals surface area contributed by atoms with E-state index < -0.39 is 6.60 Å². The van der Waals surface area contributed by atoms with Crippen molar-refractivity contribution in [3.8, 4) is 0 Å². The molecule has 0 fully saturated rings. The van der Waals surface area contributed by atoms with Crippen molar-refractivity contribution in [3.05, 3.63) is 90.5 Å². The van der Waals surface area contributed by atoms with E-state index >= 15 is 0 Å². The number of halogens is 1. The van der Waals surface area contributed by atoms with Crippen LogP contribution >= 0.6 is 6.60 Å². The quantitative estimate of drug-likeness (QED) is 0.0610. The fraction of sp³-hybridized carbons (Fsp3) is 0.581. The number of hydrogen-bond acceptors (Lipinski definition) is 0. The zero-order valence-electron chi connectivity index (χ0n) is 29.2. The summed E-state index contributed by atoms with van der Waals surface area (Å²) in [7, 11) is 0. The van der Waals surface area contributed by atoms with Crippen molar-refractivity contribution in [2.24, 2.45) is 0 Å². The van der Waals surface area contributed by atoms with E-state index in [4.69, 9.17) is 0 Å². The van der Waals surface area contributed by atoms with Crippen molar-refractivity contribution in [3.63, 3.8) is 0 Å². The van der Waals surface area contributed by atoms with Crippen LogP contribution < -0.4 is 15.9 Å². The number of rotatable bonds is 26. The number of aryl methyl sites for hydroxylation is 1. The molecule has 3 aromatic rings. The molecule has 3 aromatic carbocycles. The van der Waals surface area contributed by atoms with Gasteiger partial charge in [-0.3, -0.25) is 0 Å². The summed E-state index contributed by atoms with van der Waals surface area (Å²) in [6, 6.07) is 32.9.